The molecule has 0 bridgehead atoms. The number of carbonyl (C=O) groups is 3. The number of Topliss-reactive ketones (excluding diaryl/α,β-unsaturated/α-hetero) is 1. The summed E-state index contributed by atoms with van der Waals surface area (Å²) in [4.78, 5) is 36.9. The first-order valence-electron chi connectivity index (χ1n) is 11.2. The van der Waals surface area contributed by atoms with Gasteiger partial charge >= 0.3 is 5.97 Å². The van der Waals surface area contributed by atoms with E-state index in [4.69, 9.17) is 4.74 Å². The smallest absolute Gasteiger partial charge is 0.341 e. The van der Waals surface area contributed by atoms with Crippen LogP contribution >= 0.6 is 0 Å². The summed E-state index contributed by atoms with van der Waals surface area (Å²) < 4.78 is 35.4. The summed E-state index contributed by atoms with van der Waals surface area (Å²) in [5.41, 5.74) is 2.07. The Kier molecular flexibility index (Phi) is 7.62. The predicted octanol–water partition coefficient (Wildman–Crippen LogP) is 3.06. The quantitative estimate of drug-likeness (QED) is 0.472. The molecule has 1 amide bonds. The Labute approximate surface area is 200 Å². The molecule has 0 unspecified atom stereocenters. The number of amides is 1. The van der Waals surface area contributed by atoms with Crippen LogP contribution in [0.15, 0.2) is 29.2 Å². The maximum Gasteiger partial charge on any atom is 0.341 e. The largest absolute Gasteiger partial charge is 0.462 e. The van der Waals surface area contributed by atoms with Gasteiger partial charge in [-0.15, -0.1) is 0 Å². The number of aromatic nitrogens is 1. The van der Waals surface area contributed by atoms with Crippen molar-refractivity contribution in [2.24, 2.45) is 13.0 Å². The molecule has 2 aromatic rings. The van der Waals surface area contributed by atoms with Gasteiger partial charge in [0.25, 0.3) is 0 Å². The number of sulfonamides is 1. The third kappa shape index (κ3) is 4.92. The van der Waals surface area contributed by atoms with E-state index in [0.717, 1.165) is 0 Å². The van der Waals surface area contributed by atoms with Crippen LogP contribution < -0.4 is 5.32 Å². The predicted molar refractivity (Wildman–Crippen MR) is 127 cm³/mol. The third-order valence-electron chi connectivity index (χ3n) is 6.32. The molecule has 2 heterocycles. The Morgan fingerprint density at radius 2 is 1.76 bits per heavy atom. The number of carbonyl (C=O) groups excluding carboxylic acids is 3. The maximum atomic E-state index is 13.7. The van der Waals surface area contributed by atoms with Crippen molar-refractivity contribution in [1.29, 1.82) is 0 Å². The molecule has 9 nitrogen and oxygen atoms in total. The minimum absolute atomic E-state index is 0.00927. The molecular weight excluding hydrogens is 458 g/mol. The van der Waals surface area contributed by atoms with Crippen molar-refractivity contribution in [2.45, 2.75) is 45.4 Å². The molecule has 0 radical (unpaired) electrons. The number of nitrogens with one attached hydrogen (secondary N) is 1. The highest BCUT2D eigenvalue weighted by Gasteiger charge is 2.39. The summed E-state index contributed by atoms with van der Waals surface area (Å²) in [6, 6.07) is 6.56. The fourth-order valence-corrected chi connectivity index (χ4v) is 6.22. The van der Waals surface area contributed by atoms with Crippen molar-refractivity contribution >= 4 is 33.4 Å². The lowest BCUT2D eigenvalue weighted by atomic mass is 9.98. The van der Waals surface area contributed by atoms with Gasteiger partial charge in [0.1, 0.15) is 10.5 Å². The van der Waals surface area contributed by atoms with Gasteiger partial charge < -0.3 is 14.6 Å². The fraction of sp³-hybridized carbons (Fsp3) is 0.458. The number of hydrogen-bond donors (Lipinski definition) is 1. The molecule has 184 valence electrons. The van der Waals surface area contributed by atoms with Gasteiger partial charge in [0.05, 0.1) is 12.5 Å². The number of benzene rings is 1. The van der Waals surface area contributed by atoms with Gasteiger partial charge in [0.2, 0.25) is 15.9 Å². The summed E-state index contributed by atoms with van der Waals surface area (Å²) in [7, 11) is -2.34. The lowest BCUT2D eigenvalue weighted by molar-refractivity contribution is -0.120. The highest BCUT2D eigenvalue weighted by Crippen LogP contribution is 2.32. The van der Waals surface area contributed by atoms with Gasteiger partial charge in [-0.2, -0.15) is 4.31 Å². The monoisotopic (exact) mass is 489 g/mol. The van der Waals surface area contributed by atoms with E-state index in [1.165, 1.54) is 11.2 Å². The van der Waals surface area contributed by atoms with Crippen molar-refractivity contribution in [3.63, 3.8) is 0 Å². The van der Waals surface area contributed by atoms with E-state index in [0.29, 0.717) is 35.5 Å². The Bertz CT molecular complexity index is 1210. The molecule has 1 saturated heterocycles. The molecule has 1 atom stereocenters. The van der Waals surface area contributed by atoms with Crippen LogP contribution in [0.1, 0.15) is 58.8 Å². The Hall–Kier alpha value is -2.98. The second kappa shape index (κ2) is 10.1. The van der Waals surface area contributed by atoms with Gasteiger partial charge in [0.15, 0.2) is 5.78 Å². The minimum atomic E-state index is -4.05. The van der Waals surface area contributed by atoms with E-state index in [2.05, 4.69) is 5.32 Å². The van der Waals surface area contributed by atoms with Crippen LogP contribution in [-0.2, 0) is 26.6 Å². The van der Waals surface area contributed by atoms with Crippen LogP contribution in [0.2, 0.25) is 0 Å². The second-order valence-electron chi connectivity index (χ2n) is 8.48. The van der Waals surface area contributed by atoms with E-state index in [-0.39, 0.29) is 41.8 Å². The molecule has 1 aliphatic rings. The number of rotatable bonds is 7. The van der Waals surface area contributed by atoms with Crippen molar-refractivity contribution in [3.05, 3.63) is 46.8 Å². The van der Waals surface area contributed by atoms with Crippen LogP contribution in [-0.4, -0.2) is 54.6 Å². The van der Waals surface area contributed by atoms with Crippen molar-refractivity contribution < 1.29 is 27.5 Å². The third-order valence-corrected chi connectivity index (χ3v) is 8.34. The van der Waals surface area contributed by atoms with E-state index in [1.807, 2.05) is 0 Å². The van der Waals surface area contributed by atoms with Gasteiger partial charge in [-0.25, -0.2) is 13.2 Å². The normalized spacial score (nSPS) is 16.8. The van der Waals surface area contributed by atoms with E-state index in [9.17, 15) is 22.8 Å². The molecule has 1 aromatic heterocycles. The van der Waals surface area contributed by atoms with Crippen LogP contribution in [0.25, 0.3) is 0 Å². The SMILES string of the molecule is CCOC(=O)c1c(S(=O)(=O)N2CCC[C@H](C(=O)Nc3ccc(C(C)=O)cc3)C2)c(C)n(C)c1C. The highest BCUT2D eigenvalue weighted by molar-refractivity contribution is 7.89. The van der Waals surface area contributed by atoms with E-state index in [1.54, 1.807) is 56.7 Å². The first-order valence-corrected chi connectivity index (χ1v) is 12.7. The molecule has 1 aliphatic heterocycles. The molecule has 1 N–H and O–H groups in total. The molecule has 1 aromatic carbocycles. The van der Waals surface area contributed by atoms with Crippen LogP contribution in [0, 0.1) is 19.8 Å². The summed E-state index contributed by atoms with van der Waals surface area (Å²) >= 11 is 0. The van der Waals surface area contributed by atoms with Gasteiger partial charge in [0, 0.05) is 42.8 Å². The number of nitrogens with zero attached hydrogens (tertiary/aromatic N) is 2. The Morgan fingerprint density at radius 1 is 1.12 bits per heavy atom. The Morgan fingerprint density at radius 3 is 2.35 bits per heavy atom. The molecule has 1 fully saturated rings. The maximum absolute atomic E-state index is 13.7. The topological polar surface area (TPSA) is 115 Å². The minimum Gasteiger partial charge on any atom is -0.462 e. The average Bonchev–Trinajstić information content (AvgIpc) is 3.04. The molecule has 0 aliphatic carbocycles. The zero-order valence-electron chi connectivity index (χ0n) is 20.2. The number of esters is 1. The van der Waals surface area contributed by atoms with Gasteiger partial charge in [-0.05, 0) is 64.8 Å². The van der Waals surface area contributed by atoms with Crippen LogP contribution in [0.5, 0.6) is 0 Å². The molecular formula is C24H31N3O6S. The van der Waals surface area contributed by atoms with Crippen molar-refractivity contribution in [3.8, 4) is 0 Å². The van der Waals surface area contributed by atoms with Crippen molar-refractivity contribution in [1.82, 2.24) is 8.87 Å². The zero-order valence-corrected chi connectivity index (χ0v) is 21.0. The van der Waals surface area contributed by atoms with E-state index >= 15 is 0 Å². The zero-order chi connectivity index (χ0) is 25.2. The van der Waals surface area contributed by atoms with Gasteiger partial charge in [-0.3, -0.25) is 9.59 Å². The lowest BCUT2D eigenvalue weighted by Crippen LogP contribution is -2.44. The Balaban J connectivity index is 1.84. The van der Waals surface area contributed by atoms with E-state index < -0.39 is 21.9 Å². The molecule has 3 rings (SSSR count). The number of hydrogen-bond acceptors (Lipinski definition) is 6. The first-order chi connectivity index (χ1) is 16.0. The number of ketones is 1. The summed E-state index contributed by atoms with van der Waals surface area (Å²) in [5, 5.41) is 2.81. The van der Waals surface area contributed by atoms with Gasteiger partial charge in [-0.1, -0.05) is 0 Å². The second-order valence-corrected chi connectivity index (χ2v) is 10.4. The number of ether oxygens (including phenoxy) is 1. The first kappa shape index (κ1) is 25.6. The van der Waals surface area contributed by atoms with Crippen molar-refractivity contribution in [2.75, 3.05) is 25.0 Å². The molecule has 10 heteroatoms. The summed E-state index contributed by atoms with van der Waals surface area (Å²) in [6.07, 6.45) is 1.06. The standard InChI is InChI=1S/C24H31N3O6S/c1-6-33-24(30)21-15(2)26(5)16(3)22(21)34(31,32)27-13-7-8-19(14-27)23(29)25-20-11-9-18(10-12-20)17(4)28/h9-12,19H,6-8,13-14H2,1-5H3,(H,25,29)/t19-/m0/s1. The highest BCUT2D eigenvalue weighted by atomic mass is 32.2. The lowest BCUT2D eigenvalue weighted by Gasteiger charge is -2.31. The fourth-order valence-electron chi connectivity index (χ4n) is 4.21. The average molecular weight is 490 g/mol. The molecule has 0 spiro atoms. The molecule has 34 heavy (non-hydrogen) atoms. The van der Waals surface area contributed by atoms with Crippen LogP contribution in [0.4, 0.5) is 5.69 Å². The molecule has 0 saturated carbocycles. The number of anilines is 1. The summed E-state index contributed by atoms with van der Waals surface area (Å²) in [5.74, 6) is -1.59. The summed E-state index contributed by atoms with van der Waals surface area (Å²) in [6.45, 7) is 6.87. The van der Waals surface area contributed by atoms with Crippen LogP contribution in [0.3, 0.4) is 0 Å². The number of piperidine rings is 1.